The van der Waals surface area contributed by atoms with Crippen molar-refractivity contribution in [3.8, 4) is 10.4 Å². The second-order valence-electron chi connectivity index (χ2n) is 7.95. The van der Waals surface area contributed by atoms with Crippen LogP contribution in [0, 0.1) is 5.92 Å². The lowest BCUT2D eigenvalue weighted by atomic mass is 10.0. The zero-order valence-corrected chi connectivity index (χ0v) is 18.1. The Morgan fingerprint density at radius 2 is 2.00 bits per heavy atom. The van der Waals surface area contributed by atoms with Gasteiger partial charge in [-0.25, -0.2) is 13.8 Å². The number of aliphatic hydroxyl groups is 1. The topological polar surface area (TPSA) is 109 Å². The summed E-state index contributed by atoms with van der Waals surface area (Å²) in [5.41, 5.74) is 8.49. The van der Waals surface area contributed by atoms with Crippen LogP contribution in [-0.2, 0) is 16.1 Å². The Labute approximate surface area is 183 Å². The average Bonchev–Trinajstić information content (AvgIpc) is 3.38. The first-order chi connectivity index (χ1) is 14.7. The van der Waals surface area contributed by atoms with Crippen molar-refractivity contribution < 1.29 is 23.5 Å². The zero-order valence-electron chi connectivity index (χ0n) is 17.3. The maximum Gasteiger partial charge on any atom is 0.281 e. The lowest BCUT2D eigenvalue weighted by Gasteiger charge is -2.27. The summed E-state index contributed by atoms with van der Waals surface area (Å²) in [6, 6.07) is 5.38. The number of hydrogen-bond donors (Lipinski definition) is 3. The van der Waals surface area contributed by atoms with Gasteiger partial charge in [0, 0.05) is 19.5 Å². The number of β-amino-alcohol motifs (C(OH)–C–C–N with tert-alkyl or cyclic N) is 1. The number of halogens is 2. The quantitative estimate of drug-likeness (QED) is 0.597. The summed E-state index contributed by atoms with van der Waals surface area (Å²) in [5.74, 6) is -0.806. The van der Waals surface area contributed by atoms with E-state index in [-0.39, 0.29) is 42.9 Å². The molecule has 0 unspecified atom stereocenters. The molecule has 0 aliphatic carbocycles. The number of amides is 2. The van der Waals surface area contributed by atoms with Gasteiger partial charge >= 0.3 is 0 Å². The molecule has 31 heavy (non-hydrogen) atoms. The second kappa shape index (κ2) is 9.80. The highest BCUT2D eigenvalue weighted by Crippen LogP contribution is 2.33. The Kier molecular flexibility index (Phi) is 7.34. The fourth-order valence-electron chi connectivity index (χ4n) is 3.49. The summed E-state index contributed by atoms with van der Waals surface area (Å²) in [6.07, 6.45) is -3.26. The van der Waals surface area contributed by atoms with Gasteiger partial charge in [0.05, 0.1) is 22.5 Å². The number of benzene rings is 1. The van der Waals surface area contributed by atoms with Gasteiger partial charge in [-0.2, -0.15) is 0 Å². The number of carbonyl (C=O) groups is 2. The van der Waals surface area contributed by atoms with Crippen molar-refractivity contribution >= 4 is 23.2 Å². The van der Waals surface area contributed by atoms with E-state index >= 15 is 0 Å². The summed E-state index contributed by atoms with van der Waals surface area (Å²) < 4.78 is 26.1. The molecule has 1 aromatic carbocycles. The number of nitrogens with one attached hydrogen (secondary N) is 1. The standard InChI is InChI=1S/C21H26F2N4O3S/c1-11(2)16(24)21(30)27-9-14(28)7-15(27)20(29)25-8-12-3-5-13(6-4-12)18-17(19(22)23)26-10-31-18/h3-6,10-11,14-16,19,28H,7-9,24H2,1-2H3,(H,25,29)/t14-,15+,16+/m1/s1. The predicted octanol–water partition coefficient (Wildman–Crippen LogP) is 2.31. The first-order valence-corrected chi connectivity index (χ1v) is 10.9. The lowest BCUT2D eigenvalue weighted by Crippen LogP contribution is -2.52. The van der Waals surface area contributed by atoms with Crippen molar-refractivity contribution in [2.24, 2.45) is 11.7 Å². The Balaban J connectivity index is 1.63. The first-order valence-electron chi connectivity index (χ1n) is 10.0. The van der Waals surface area contributed by atoms with Crippen molar-refractivity contribution in [3.05, 3.63) is 41.0 Å². The molecule has 1 aliphatic rings. The molecule has 0 bridgehead atoms. The van der Waals surface area contributed by atoms with Gasteiger partial charge in [0.15, 0.2) is 0 Å². The molecule has 1 saturated heterocycles. The second-order valence-corrected chi connectivity index (χ2v) is 8.80. The minimum atomic E-state index is -2.64. The van der Waals surface area contributed by atoms with Crippen LogP contribution in [0.3, 0.4) is 0 Å². The van der Waals surface area contributed by atoms with Gasteiger partial charge < -0.3 is 21.1 Å². The Hall–Kier alpha value is -2.43. The van der Waals surface area contributed by atoms with Crippen LogP contribution < -0.4 is 11.1 Å². The number of aromatic nitrogens is 1. The van der Waals surface area contributed by atoms with Crippen LogP contribution in [0.2, 0.25) is 0 Å². The van der Waals surface area contributed by atoms with Crippen molar-refractivity contribution in [2.45, 2.75) is 51.4 Å². The van der Waals surface area contributed by atoms with Crippen LogP contribution in [0.5, 0.6) is 0 Å². The van der Waals surface area contributed by atoms with E-state index in [0.717, 1.165) is 16.9 Å². The molecule has 1 fully saturated rings. The Morgan fingerprint density at radius 1 is 1.32 bits per heavy atom. The van der Waals surface area contributed by atoms with Crippen molar-refractivity contribution in [1.82, 2.24) is 15.2 Å². The molecule has 0 radical (unpaired) electrons. The molecular formula is C21H26F2N4O3S. The SMILES string of the molecule is CC(C)[C@H](N)C(=O)N1C[C@H](O)C[C@H]1C(=O)NCc1ccc(-c2scnc2C(F)F)cc1. The smallest absolute Gasteiger partial charge is 0.281 e. The third kappa shape index (κ3) is 5.25. The fourth-order valence-corrected chi connectivity index (χ4v) is 4.30. The molecule has 4 N–H and O–H groups in total. The number of alkyl halides is 2. The van der Waals surface area contributed by atoms with Gasteiger partial charge in [-0.1, -0.05) is 38.1 Å². The van der Waals surface area contributed by atoms with Gasteiger partial charge in [-0.3, -0.25) is 9.59 Å². The number of nitrogens with zero attached hydrogens (tertiary/aromatic N) is 2. The van der Waals surface area contributed by atoms with Gasteiger partial charge in [0.25, 0.3) is 6.43 Å². The largest absolute Gasteiger partial charge is 0.391 e. The number of thiazole rings is 1. The average molecular weight is 453 g/mol. The molecule has 1 aliphatic heterocycles. The van der Waals surface area contributed by atoms with E-state index in [0.29, 0.717) is 10.4 Å². The molecule has 10 heteroatoms. The van der Waals surface area contributed by atoms with E-state index in [4.69, 9.17) is 5.73 Å². The van der Waals surface area contributed by atoms with Crippen LogP contribution in [0.25, 0.3) is 10.4 Å². The Bertz CT molecular complexity index is 920. The summed E-state index contributed by atoms with van der Waals surface area (Å²) >= 11 is 1.15. The van der Waals surface area contributed by atoms with Crippen molar-refractivity contribution in [3.63, 3.8) is 0 Å². The maximum absolute atomic E-state index is 13.0. The normalized spacial score (nSPS) is 19.8. The molecule has 7 nitrogen and oxygen atoms in total. The molecule has 2 amide bonds. The number of hydrogen-bond acceptors (Lipinski definition) is 6. The number of rotatable bonds is 7. The molecule has 2 aromatic rings. The minimum Gasteiger partial charge on any atom is -0.391 e. The molecule has 0 saturated carbocycles. The molecule has 3 rings (SSSR count). The Morgan fingerprint density at radius 3 is 2.61 bits per heavy atom. The highest BCUT2D eigenvalue weighted by Gasteiger charge is 2.40. The van der Waals surface area contributed by atoms with Crippen molar-refractivity contribution in [2.75, 3.05) is 6.54 Å². The van der Waals surface area contributed by atoms with Crippen LogP contribution in [-0.4, -0.2) is 51.5 Å². The van der Waals surface area contributed by atoms with Crippen LogP contribution in [0.1, 0.15) is 38.0 Å². The monoisotopic (exact) mass is 452 g/mol. The summed E-state index contributed by atoms with van der Waals surface area (Å²) in [4.78, 5) is 30.8. The minimum absolute atomic E-state index is 0.0767. The van der Waals surface area contributed by atoms with Crippen LogP contribution >= 0.6 is 11.3 Å². The molecular weight excluding hydrogens is 426 g/mol. The maximum atomic E-state index is 13.0. The molecule has 2 heterocycles. The van der Waals surface area contributed by atoms with E-state index < -0.39 is 24.6 Å². The molecule has 0 spiro atoms. The van der Waals surface area contributed by atoms with E-state index in [1.807, 2.05) is 13.8 Å². The van der Waals surface area contributed by atoms with Gasteiger partial charge in [-0.05, 0) is 17.0 Å². The highest BCUT2D eigenvalue weighted by molar-refractivity contribution is 7.13. The van der Waals surface area contributed by atoms with Crippen LogP contribution in [0.15, 0.2) is 29.8 Å². The van der Waals surface area contributed by atoms with E-state index in [1.165, 1.54) is 10.4 Å². The lowest BCUT2D eigenvalue weighted by molar-refractivity contribution is -0.140. The third-order valence-corrected chi connectivity index (χ3v) is 6.24. The zero-order chi connectivity index (χ0) is 22.7. The van der Waals surface area contributed by atoms with E-state index in [2.05, 4.69) is 10.3 Å². The predicted molar refractivity (Wildman–Crippen MR) is 113 cm³/mol. The number of aliphatic hydroxyl groups excluding tert-OH is 1. The highest BCUT2D eigenvalue weighted by atomic mass is 32.1. The fraction of sp³-hybridized carbons (Fsp3) is 0.476. The van der Waals surface area contributed by atoms with E-state index in [9.17, 15) is 23.5 Å². The molecule has 1 aromatic heterocycles. The number of likely N-dealkylation sites (tertiary alicyclic amines) is 1. The molecule has 3 atom stereocenters. The third-order valence-electron chi connectivity index (χ3n) is 5.35. The summed E-state index contributed by atoms with van der Waals surface area (Å²) in [7, 11) is 0. The van der Waals surface area contributed by atoms with Crippen molar-refractivity contribution in [1.29, 1.82) is 0 Å². The summed E-state index contributed by atoms with van der Waals surface area (Å²) in [5, 5.41) is 12.8. The summed E-state index contributed by atoms with van der Waals surface area (Å²) in [6.45, 7) is 3.93. The number of carbonyl (C=O) groups excluding carboxylic acids is 2. The molecule has 168 valence electrons. The van der Waals surface area contributed by atoms with Gasteiger partial charge in [-0.15, -0.1) is 11.3 Å². The van der Waals surface area contributed by atoms with Gasteiger partial charge in [0.1, 0.15) is 11.7 Å². The van der Waals surface area contributed by atoms with Crippen LogP contribution in [0.4, 0.5) is 8.78 Å². The van der Waals surface area contributed by atoms with E-state index in [1.54, 1.807) is 24.3 Å². The number of nitrogens with two attached hydrogens (primary N) is 1. The first kappa shape index (κ1) is 23.2. The van der Waals surface area contributed by atoms with Gasteiger partial charge in [0.2, 0.25) is 11.8 Å².